The number of ether oxygens (including phenoxy) is 4. The fourth-order valence-electron chi connectivity index (χ4n) is 4.62. The van der Waals surface area contributed by atoms with Gasteiger partial charge in [0.15, 0.2) is 43.9 Å². The number of sulfone groups is 1. The Bertz CT molecular complexity index is 1450. The summed E-state index contributed by atoms with van der Waals surface area (Å²) in [5, 5.41) is 7.65. The standard InChI is InChI=1S/C31H36O10S/c1-5-14-41-29-22(16-20-9-7-6-8-10-20)17-23(28(35)31(29)42(36,37)15-13-32)25(34)12-11-24(33)21-18-26(38-2)30(40-4)27(19-21)39-3/h6-10,17-19,31-32H,5,11-16H2,1-4H3. The van der Waals surface area contributed by atoms with Crippen LogP contribution >= 0.6 is 0 Å². The molecule has 2 aromatic rings. The van der Waals surface area contributed by atoms with Gasteiger partial charge >= 0.3 is 0 Å². The molecular formula is C31H36O10S. The Kier molecular flexibility index (Phi) is 11.5. The van der Waals surface area contributed by atoms with Crippen molar-refractivity contribution in [1.29, 1.82) is 0 Å². The van der Waals surface area contributed by atoms with E-state index in [1.165, 1.54) is 39.5 Å². The van der Waals surface area contributed by atoms with E-state index in [1.54, 1.807) is 0 Å². The first-order valence-corrected chi connectivity index (χ1v) is 15.2. The van der Waals surface area contributed by atoms with Crippen LogP contribution in [0.15, 0.2) is 65.4 Å². The molecule has 0 aromatic heterocycles. The Morgan fingerprint density at radius 1 is 0.929 bits per heavy atom. The third kappa shape index (κ3) is 7.46. The maximum atomic E-state index is 13.6. The van der Waals surface area contributed by atoms with Crippen LogP contribution in [0, 0.1) is 0 Å². The first-order valence-electron chi connectivity index (χ1n) is 13.5. The van der Waals surface area contributed by atoms with E-state index in [0.717, 1.165) is 5.56 Å². The van der Waals surface area contributed by atoms with Crippen LogP contribution in [0.3, 0.4) is 0 Å². The Balaban J connectivity index is 1.98. The number of ketones is 3. The zero-order valence-corrected chi connectivity index (χ0v) is 25.0. The summed E-state index contributed by atoms with van der Waals surface area (Å²) in [5.74, 6) is -1.90. The zero-order chi connectivity index (χ0) is 30.9. The van der Waals surface area contributed by atoms with Gasteiger partial charge in [-0.05, 0) is 35.8 Å². The van der Waals surface area contributed by atoms with Crippen molar-refractivity contribution in [3.63, 3.8) is 0 Å². The van der Waals surface area contributed by atoms with E-state index in [4.69, 9.17) is 18.9 Å². The van der Waals surface area contributed by atoms with Gasteiger partial charge in [0.25, 0.3) is 0 Å². The Hall–Kier alpha value is -3.96. The van der Waals surface area contributed by atoms with Crippen LogP contribution in [0.1, 0.15) is 42.1 Å². The highest BCUT2D eigenvalue weighted by Gasteiger charge is 2.44. The molecule has 0 aliphatic heterocycles. The third-order valence-electron chi connectivity index (χ3n) is 6.68. The van der Waals surface area contributed by atoms with Crippen LogP contribution in [0.4, 0.5) is 0 Å². The molecule has 1 unspecified atom stereocenters. The Morgan fingerprint density at radius 2 is 1.55 bits per heavy atom. The number of carbonyl (C=O) groups excluding carboxylic acids is 3. The number of rotatable bonds is 16. The molecule has 10 nitrogen and oxygen atoms in total. The molecule has 2 aromatic carbocycles. The van der Waals surface area contributed by atoms with Crippen molar-refractivity contribution < 1.29 is 46.9 Å². The van der Waals surface area contributed by atoms with Gasteiger partial charge in [0.1, 0.15) is 5.76 Å². The first-order chi connectivity index (χ1) is 20.1. The minimum absolute atomic E-state index is 0.0378. The molecule has 1 aliphatic rings. The molecule has 42 heavy (non-hydrogen) atoms. The smallest absolute Gasteiger partial charge is 0.203 e. The van der Waals surface area contributed by atoms with Gasteiger partial charge in [0, 0.05) is 24.8 Å². The van der Waals surface area contributed by atoms with E-state index in [-0.39, 0.29) is 54.3 Å². The van der Waals surface area contributed by atoms with Crippen molar-refractivity contribution in [2.24, 2.45) is 0 Å². The summed E-state index contributed by atoms with van der Waals surface area (Å²) in [5.41, 5.74) is 1.08. The molecule has 0 bridgehead atoms. The zero-order valence-electron chi connectivity index (χ0n) is 24.2. The van der Waals surface area contributed by atoms with Gasteiger partial charge in [-0.25, -0.2) is 8.42 Å². The molecule has 0 spiro atoms. The highest BCUT2D eigenvalue weighted by molar-refractivity contribution is 7.93. The van der Waals surface area contributed by atoms with Crippen molar-refractivity contribution in [1.82, 2.24) is 0 Å². The summed E-state index contributed by atoms with van der Waals surface area (Å²) < 4.78 is 48.2. The van der Waals surface area contributed by atoms with Gasteiger partial charge in [-0.1, -0.05) is 37.3 Å². The van der Waals surface area contributed by atoms with Crippen molar-refractivity contribution >= 4 is 27.2 Å². The molecule has 1 aliphatic carbocycles. The number of allylic oxidation sites excluding steroid dienone is 3. The van der Waals surface area contributed by atoms with Gasteiger partial charge in [-0.2, -0.15) is 0 Å². The number of methoxy groups -OCH3 is 3. The normalized spacial score (nSPS) is 15.2. The van der Waals surface area contributed by atoms with Crippen molar-refractivity contribution in [3.05, 3.63) is 76.6 Å². The third-order valence-corrected chi connectivity index (χ3v) is 8.58. The number of hydrogen-bond acceptors (Lipinski definition) is 10. The molecular weight excluding hydrogens is 564 g/mol. The molecule has 0 saturated carbocycles. The van der Waals surface area contributed by atoms with E-state index in [1.807, 2.05) is 37.3 Å². The summed E-state index contributed by atoms with van der Waals surface area (Å²) in [6.45, 7) is 1.30. The first kappa shape index (κ1) is 32.6. The van der Waals surface area contributed by atoms with E-state index in [2.05, 4.69) is 0 Å². The summed E-state index contributed by atoms with van der Waals surface area (Å²) >= 11 is 0. The molecule has 1 atom stereocenters. The van der Waals surface area contributed by atoms with E-state index < -0.39 is 44.8 Å². The summed E-state index contributed by atoms with van der Waals surface area (Å²) in [7, 11) is 0.0275. The molecule has 226 valence electrons. The average Bonchev–Trinajstić information content (AvgIpc) is 2.98. The fourth-order valence-corrected chi connectivity index (χ4v) is 6.11. The number of Topliss-reactive ketones (excluding diaryl/α,β-unsaturated/α-hetero) is 3. The summed E-state index contributed by atoms with van der Waals surface area (Å²) in [4.78, 5) is 40.1. The number of benzene rings is 2. The maximum Gasteiger partial charge on any atom is 0.203 e. The molecule has 0 saturated heterocycles. The second-order valence-corrected chi connectivity index (χ2v) is 11.8. The topological polar surface area (TPSA) is 142 Å². The highest BCUT2D eigenvalue weighted by Crippen LogP contribution is 2.38. The summed E-state index contributed by atoms with van der Waals surface area (Å²) in [6, 6.07) is 12.1. The monoisotopic (exact) mass is 600 g/mol. The van der Waals surface area contributed by atoms with Gasteiger partial charge in [-0.3, -0.25) is 14.4 Å². The van der Waals surface area contributed by atoms with Gasteiger partial charge in [0.05, 0.1) is 45.9 Å². The lowest BCUT2D eigenvalue weighted by atomic mass is 9.88. The molecule has 1 N–H and O–H groups in total. The molecule has 11 heteroatoms. The average molecular weight is 601 g/mol. The largest absolute Gasteiger partial charge is 0.496 e. The predicted molar refractivity (Wildman–Crippen MR) is 156 cm³/mol. The van der Waals surface area contributed by atoms with Crippen LogP contribution in [-0.4, -0.2) is 76.4 Å². The molecule has 0 amide bonds. The van der Waals surface area contributed by atoms with Crippen LogP contribution < -0.4 is 14.2 Å². The quantitative estimate of drug-likeness (QED) is 0.225. The molecule has 3 rings (SSSR count). The lowest BCUT2D eigenvalue weighted by Gasteiger charge is -2.27. The van der Waals surface area contributed by atoms with Crippen molar-refractivity contribution in [3.8, 4) is 17.2 Å². The molecule has 0 fully saturated rings. The van der Waals surface area contributed by atoms with Crippen LogP contribution in [0.25, 0.3) is 0 Å². The van der Waals surface area contributed by atoms with Crippen molar-refractivity contribution in [2.75, 3.05) is 40.3 Å². The Morgan fingerprint density at radius 3 is 2.10 bits per heavy atom. The Labute approximate surface area is 245 Å². The predicted octanol–water partition coefficient (Wildman–Crippen LogP) is 3.45. The number of hydrogen-bond donors (Lipinski definition) is 1. The highest BCUT2D eigenvalue weighted by atomic mass is 32.2. The van der Waals surface area contributed by atoms with E-state index in [9.17, 15) is 27.9 Å². The number of carbonyl (C=O) groups is 3. The minimum atomic E-state index is -4.23. The molecule has 0 heterocycles. The van der Waals surface area contributed by atoms with Gasteiger partial charge < -0.3 is 24.1 Å². The number of aliphatic hydroxyl groups is 1. The second kappa shape index (κ2) is 14.8. The van der Waals surface area contributed by atoms with Crippen molar-refractivity contribution in [2.45, 2.75) is 37.9 Å². The van der Waals surface area contributed by atoms with Crippen LogP contribution in [0.2, 0.25) is 0 Å². The molecule has 0 radical (unpaired) electrons. The van der Waals surface area contributed by atoms with Crippen LogP contribution in [-0.2, 0) is 30.6 Å². The maximum absolute atomic E-state index is 13.6. The van der Waals surface area contributed by atoms with Gasteiger partial charge in [-0.15, -0.1) is 0 Å². The van der Waals surface area contributed by atoms with Gasteiger partial charge in [0.2, 0.25) is 5.75 Å². The van der Waals surface area contributed by atoms with E-state index in [0.29, 0.717) is 17.7 Å². The fraction of sp³-hybridized carbons (Fsp3) is 0.387. The summed E-state index contributed by atoms with van der Waals surface area (Å²) in [6.07, 6.45) is 1.54. The second-order valence-electron chi connectivity index (χ2n) is 9.55. The minimum Gasteiger partial charge on any atom is -0.496 e. The SMILES string of the molecule is CCCOC1=C(Cc2ccccc2)C=C(C(=O)CCC(=O)c2cc(OC)c(OC)c(OC)c2)C(=O)C1S(=O)(=O)CCO. The number of aliphatic hydroxyl groups excluding tert-OH is 1. The lowest BCUT2D eigenvalue weighted by molar-refractivity contribution is -0.121. The van der Waals surface area contributed by atoms with E-state index >= 15 is 0 Å². The van der Waals surface area contributed by atoms with Crippen LogP contribution in [0.5, 0.6) is 17.2 Å². The lowest BCUT2D eigenvalue weighted by Crippen LogP contribution is -2.41.